The highest BCUT2D eigenvalue weighted by Crippen LogP contribution is 2.45. The van der Waals surface area contributed by atoms with Crippen LogP contribution in [0.25, 0.3) is 22.2 Å². The molecule has 4 atom stereocenters. The van der Waals surface area contributed by atoms with Crippen molar-refractivity contribution < 1.29 is 26.7 Å². The number of nitrogens with one attached hydrogen (secondary N) is 1. The number of pyridine rings is 1. The van der Waals surface area contributed by atoms with E-state index < -0.39 is 40.5 Å². The van der Waals surface area contributed by atoms with Crippen molar-refractivity contribution in [2.24, 2.45) is 0 Å². The molecule has 42 heavy (non-hydrogen) atoms. The van der Waals surface area contributed by atoms with E-state index in [2.05, 4.69) is 25.2 Å². The van der Waals surface area contributed by atoms with Gasteiger partial charge in [-0.05, 0) is 50.4 Å². The van der Waals surface area contributed by atoms with E-state index in [4.69, 9.17) is 22.1 Å². The van der Waals surface area contributed by atoms with Gasteiger partial charge >= 0.3 is 12.2 Å². The second-order valence-electron chi connectivity index (χ2n) is 11.9. The summed E-state index contributed by atoms with van der Waals surface area (Å²) in [6, 6.07) is 2.80. The van der Waals surface area contributed by atoms with Crippen molar-refractivity contribution in [3.05, 3.63) is 34.1 Å². The van der Waals surface area contributed by atoms with E-state index >= 15 is 4.39 Å². The third kappa shape index (κ3) is 4.51. The molecule has 0 saturated carbocycles. The van der Waals surface area contributed by atoms with Gasteiger partial charge < -0.3 is 20.7 Å². The highest BCUT2D eigenvalue weighted by Gasteiger charge is 2.49. The second-order valence-corrected chi connectivity index (χ2v) is 12.3. The Morgan fingerprint density at radius 2 is 1.90 bits per heavy atom. The van der Waals surface area contributed by atoms with Gasteiger partial charge in [0.15, 0.2) is 5.82 Å². The third-order valence-corrected chi connectivity index (χ3v) is 9.35. The molecule has 2 aromatic heterocycles. The van der Waals surface area contributed by atoms with Gasteiger partial charge in [0.25, 0.3) is 0 Å². The fourth-order valence-corrected chi connectivity index (χ4v) is 7.53. The van der Waals surface area contributed by atoms with E-state index in [-0.39, 0.29) is 52.0 Å². The monoisotopic (exact) mass is 609 g/mol. The minimum Gasteiger partial charge on any atom is -0.461 e. The number of anilines is 2. The lowest BCUT2D eigenvalue weighted by molar-refractivity contribution is -0.137. The minimum atomic E-state index is -4.85. The molecule has 5 aliphatic rings. The number of nitrogens with two attached hydrogens (primary N) is 1. The number of nitrogens with zero attached hydrogens (tertiary/aromatic N) is 5. The largest absolute Gasteiger partial charge is 0.461 e. The Labute approximate surface area is 243 Å². The van der Waals surface area contributed by atoms with Gasteiger partial charge in [-0.2, -0.15) is 23.1 Å². The molecule has 8 rings (SSSR count). The number of hydrogen-bond acceptors (Lipinski definition) is 8. The maximum absolute atomic E-state index is 16.5. The number of nitrogen functional groups attached to an aromatic ring is 1. The Morgan fingerprint density at radius 3 is 2.62 bits per heavy atom. The van der Waals surface area contributed by atoms with Crippen LogP contribution < -0.4 is 20.7 Å². The van der Waals surface area contributed by atoms with Gasteiger partial charge in [0.1, 0.15) is 29.9 Å². The lowest BCUT2D eigenvalue weighted by atomic mass is 9.91. The summed E-state index contributed by atoms with van der Waals surface area (Å²) in [6.07, 6.45) is -2.82. The van der Waals surface area contributed by atoms with E-state index in [0.29, 0.717) is 31.9 Å². The predicted molar refractivity (Wildman–Crippen MR) is 148 cm³/mol. The molecule has 1 aromatic carbocycles. The van der Waals surface area contributed by atoms with Crippen molar-refractivity contribution in [2.75, 3.05) is 43.4 Å². The van der Waals surface area contributed by atoms with Gasteiger partial charge in [-0.25, -0.2) is 13.8 Å². The molecule has 5 fully saturated rings. The quantitative estimate of drug-likeness (QED) is 0.395. The van der Waals surface area contributed by atoms with Crippen molar-refractivity contribution in [2.45, 2.75) is 62.6 Å². The van der Waals surface area contributed by atoms with E-state index in [9.17, 15) is 17.6 Å². The van der Waals surface area contributed by atoms with Crippen LogP contribution in [0.2, 0.25) is 5.02 Å². The summed E-state index contributed by atoms with van der Waals surface area (Å²) >= 11 is 6.53. The van der Waals surface area contributed by atoms with Crippen LogP contribution in [0.4, 0.5) is 33.6 Å². The lowest BCUT2D eigenvalue weighted by Crippen LogP contribution is -2.67. The van der Waals surface area contributed by atoms with Crippen LogP contribution in [-0.4, -0.2) is 76.4 Å². The molecule has 5 saturated heterocycles. The third-order valence-electron chi connectivity index (χ3n) is 9.05. The maximum atomic E-state index is 16.5. The van der Waals surface area contributed by atoms with E-state index in [1.54, 1.807) is 0 Å². The van der Waals surface area contributed by atoms with E-state index in [1.165, 1.54) is 13.0 Å². The van der Waals surface area contributed by atoms with Crippen LogP contribution >= 0.6 is 11.6 Å². The summed E-state index contributed by atoms with van der Waals surface area (Å²) in [7, 11) is 0. The number of ether oxygens (including phenoxy) is 1. The zero-order valence-corrected chi connectivity index (χ0v) is 23.5. The lowest BCUT2D eigenvalue weighted by Gasteiger charge is -2.48. The van der Waals surface area contributed by atoms with Gasteiger partial charge in [0.2, 0.25) is 0 Å². The number of piperazine rings is 1. The zero-order chi connectivity index (χ0) is 29.6. The first-order valence-electron chi connectivity index (χ1n) is 14.0. The molecule has 0 amide bonds. The maximum Gasteiger partial charge on any atom is 0.418 e. The number of fused-ring (bicyclic) bond motifs is 4. The van der Waals surface area contributed by atoms with Crippen LogP contribution in [0, 0.1) is 12.7 Å². The fourth-order valence-electron chi connectivity index (χ4n) is 7.25. The van der Waals surface area contributed by atoms with Gasteiger partial charge in [0.05, 0.1) is 27.4 Å². The number of aromatic nitrogens is 3. The smallest absolute Gasteiger partial charge is 0.418 e. The summed E-state index contributed by atoms with van der Waals surface area (Å²) in [6.45, 7) is 3.64. The summed E-state index contributed by atoms with van der Waals surface area (Å²) < 4.78 is 79.4. The van der Waals surface area contributed by atoms with Gasteiger partial charge in [-0.1, -0.05) is 11.6 Å². The van der Waals surface area contributed by atoms with Crippen molar-refractivity contribution in [1.29, 1.82) is 0 Å². The molecular weight excluding hydrogens is 581 g/mol. The minimum absolute atomic E-state index is 0.113. The van der Waals surface area contributed by atoms with Gasteiger partial charge in [0, 0.05) is 43.5 Å². The predicted octanol–water partition coefficient (Wildman–Crippen LogP) is 4.90. The number of benzene rings is 1. The molecule has 14 heteroatoms. The summed E-state index contributed by atoms with van der Waals surface area (Å²) in [5.41, 5.74) is 2.45. The molecular formula is C28H29ClF5N7O. The average Bonchev–Trinajstić information content (AvgIpc) is 3.41. The first-order valence-corrected chi connectivity index (χ1v) is 14.4. The molecule has 2 bridgehead atoms. The van der Waals surface area contributed by atoms with Crippen LogP contribution in [0.5, 0.6) is 6.01 Å². The highest BCUT2D eigenvalue weighted by molar-refractivity contribution is 6.34. The molecule has 0 spiro atoms. The molecule has 7 heterocycles. The molecule has 3 N–H and O–H groups in total. The first-order chi connectivity index (χ1) is 19.9. The number of rotatable bonds is 5. The molecule has 0 aliphatic carbocycles. The molecule has 5 aliphatic heterocycles. The average molecular weight is 610 g/mol. The Balaban J connectivity index is 1.37. The standard InChI is InChI=1S/C28H29ClF5N7O/c1-13-5-19(35)37-24(21(13)28(32,33)34)20-18(29)7-17-23(22(20)31)38-26(39-25(17)40-10-15-6-16(11-40)36-15)42-12-27-3-2-4-41(27)9-14(30)8-27/h5,7,14-16,36H,2-4,6,8-12H2,1H3,(H2,35,37)/t14-,15?,16?,27+/m1/s1. The summed E-state index contributed by atoms with van der Waals surface area (Å²) in [4.78, 5) is 16.9. The molecule has 0 radical (unpaired) electrons. The Morgan fingerprint density at radius 1 is 1.17 bits per heavy atom. The highest BCUT2D eigenvalue weighted by atomic mass is 35.5. The number of hydrogen-bond donors (Lipinski definition) is 2. The van der Waals surface area contributed by atoms with Crippen LogP contribution in [0.15, 0.2) is 12.1 Å². The van der Waals surface area contributed by atoms with Crippen molar-refractivity contribution in [3.63, 3.8) is 0 Å². The Bertz CT molecular complexity index is 1570. The Hall–Kier alpha value is -3.03. The number of aryl methyl sites for hydroxylation is 1. The Kier molecular flexibility index (Phi) is 6.45. The van der Waals surface area contributed by atoms with Crippen LogP contribution in [0.3, 0.4) is 0 Å². The summed E-state index contributed by atoms with van der Waals surface area (Å²) in [5.74, 6) is -0.914. The zero-order valence-electron chi connectivity index (χ0n) is 22.7. The normalized spacial score (nSPS) is 27.4. The van der Waals surface area contributed by atoms with Crippen molar-refractivity contribution in [1.82, 2.24) is 25.2 Å². The van der Waals surface area contributed by atoms with Crippen molar-refractivity contribution in [3.8, 4) is 17.3 Å². The van der Waals surface area contributed by atoms with E-state index in [1.807, 2.05) is 4.90 Å². The first kappa shape index (κ1) is 27.8. The molecule has 2 unspecified atom stereocenters. The number of piperidine rings is 1. The number of halogens is 6. The van der Waals surface area contributed by atoms with Gasteiger partial charge in [-0.15, -0.1) is 0 Å². The molecule has 224 valence electrons. The summed E-state index contributed by atoms with van der Waals surface area (Å²) in [5, 5.41) is 3.40. The number of alkyl halides is 4. The van der Waals surface area contributed by atoms with Crippen LogP contribution in [-0.2, 0) is 6.18 Å². The topological polar surface area (TPSA) is 92.4 Å². The molecule has 8 nitrogen and oxygen atoms in total. The second kappa shape index (κ2) is 9.75. The molecule has 3 aromatic rings. The van der Waals surface area contributed by atoms with E-state index in [0.717, 1.165) is 31.9 Å². The SMILES string of the molecule is Cc1cc(N)nc(-c2c(Cl)cc3c(N4CC5CC(C4)N5)nc(OC[C@@]45CCCN4C[C@H](F)C5)nc3c2F)c1C(F)(F)F. The van der Waals surface area contributed by atoms with Gasteiger partial charge in [-0.3, -0.25) is 4.90 Å². The fraction of sp³-hybridized carbons (Fsp3) is 0.536. The van der Waals surface area contributed by atoms with Crippen LogP contribution in [0.1, 0.15) is 36.8 Å². The van der Waals surface area contributed by atoms with Crippen molar-refractivity contribution >= 4 is 34.1 Å².